The van der Waals surface area contributed by atoms with Crippen LogP contribution in [0.25, 0.3) is 23.0 Å². The second-order valence-corrected chi connectivity index (χ2v) is 4.95. The van der Waals surface area contributed by atoms with Crippen LogP contribution in [0.3, 0.4) is 0 Å². The molecule has 0 unspecified atom stereocenters. The molecule has 0 bridgehead atoms. The zero-order valence-electron chi connectivity index (χ0n) is 13.1. The van der Waals surface area contributed by atoms with Gasteiger partial charge in [-0.25, -0.2) is 0 Å². The maximum Gasteiger partial charge on any atom is 0.225 e. The third kappa shape index (κ3) is 4.17. The Balaban J connectivity index is 1.70. The molecule has 0 atom stereocenters. The van der Waals surface area contributed by atoms with Gasteiger partial charge in [-0.05, 0) is 24.3 Å². The van der Waals surface area contributed by atoms with E-state index in [0.717, 1.165) is 0 Å². The highest BCUT2D eigenvalue weighted by atomic mass is 16.1. The van der Waals surface area contributed by atoms with E-state index in [1.807, 2.05) is 6.07 Å². The summed E-state index contributed by atoms with van der Waals surface area (Å²) in [4.78, 5) is 20.0. The fourth-order valence-electron chi connectivity index (χ4n) is 1.94. The summed E-state index contributed by atoms with van der Waals surface area (Å²) in [6.07, 6.45) is 8.95. The van der Waals surface area contributed by atoms with Gasteiger partial charge in [0.25, 0.3) is 0 Å². The number of hydrogen-bond acceptors (Lipinski definition) is 7. The Morgan fingerprint density at radius 3 is 2.28 bits per heavy atom. The molecule has 0 aromatic carbocycles. The summed E-state index contributed by atoms with van der Waals surface area (Å²) in [7, 11) is 0. The molecule has 8 heteroatoms. The van der Waals surface area contributed by atoms with Gasteiger partial charge in [0.05, 0.1) is 11.9 Å². The van der Waals surface area contributed by atoms with Gasteiger partial charge in [0.15, 0.2) is 0 Å². The predicted molar refractivity (Wildman–Crippen MR) is 90.8 cm³/mol. The van der Waals surface area contributed by atoms with Crippen molar-refractivity contribution >= 4 is 11.6 Å². The number of terminal acetylenes is 1. The molecule has 1 N–H and O–H groups in total. The summed E-state index contributed by atoms with van der Waals surface area (Å²) >= 11 is 0. The van der Waals surface area contributed by atoms with E-state index in [0.29, 0.717) is 29.3 Å². The van der Waals surface area contributed by atoms with Gasteiger partial charge in [-0.2, -0.15) is 0 Å². The number of rotatable bonds is 5. The van der Waals surface area contributed by atoms with Crippen LogP contribution in [0.15, 0.2) is 42.7 Å². The largest absolute Gasteiger partial charge is 0.325 e. The van der Waals surface area contributed by atoms with E-state index < -0.39 is 0 Å². The smallest absolute Gasteiger partial charge is 0.225 e. The van der Waals surface area contributed by atoms with E-state index in [-0.39, 0.29) is 18.2 Å². The molecule has 0 aliphatic heterocycles. The molecule has 0 aliphatic rings. The van der Waals surface area contributed by atoms with Crippen molar-refractivity contribution in [3.05, 3.63) is 42.7 Å². The van der Waals surface area contributed by atoms with Crippen molar-refractivity contribution in [2.24, 2.45) is 0 Å². The van der Waals surface area contributed by atoms with Crippen LogP contribution in [-0.2, 0) is 4.79 Å². The molecule has 0 spiro atoms. The minimum absolute atomic E-state index is 0.160. The van der Waals surface area contributed by atoms with Crippen molar-refractivity contribution in [3.8, 4) is 35.4 Å². The zero-order valence-corrected chi connectivity index (χ0v) is 13.1. The average Bonchev–Trinajstić information content (AvgIpc) is 2.68. The van der Waals surface area contributed by atoms with Crippen LogP contribution in [-0.4, -0.2) is 36.3 Å². The fourth-order valence-corrected chi connectivity index (χ4v) is 1.94. The fraction of sp³-hybridized carbons (Fsp3) is 0.118. The minimum atomic E-state index is -0.160. The topological polar surface area (TPSA) is 106 Å². The lowest BCUT2D eigenvalue weighted by Crippen LogP contribution is -2.11. The number of nitrogens with one attached hydrogen (secondary N) is 1. The Labute approximate surface area is 143 Å². The highest BCUT2D eigenvalue weighted by molar-refractivity contribution is 5.90. The van der Waals surface area contributed by atoms with Crippen molar-refractivity contribution in [2.75, 3.05) is 5.32 Å². The van der Waals surface area contributed by atoms with Gasteiger partial charge in [0, 0.05) is 19.0 Å². The van der Waals surface area contributed by atoms with Crippen LogP contribution >= 0.6 is 0 Å². The highest BCUT2D eigenvalue weighted by Crippen LogP contribution is 2.15. The molecular weight excluding hydrogens is 318 g/mol. The van der Waals surface area contributed by atoms with Crippen LogP contribution in [0.4, 0.5) is 5.69 Å². The van der Waals surface area contributed by atoms with Crippen LogP contribution in [0.2, 0.25) is 0 Å². The van der Waals surface area contributed by atoms with Crippen LogP contribution in [0.1, 0.15) is 12.8 Å². The molecule has 0 aliphatic carbocycles. The number of hydrogen-bond donors (Lipinski definition) is 1. The van der Waals surface area contributed by atoms with Gasteiger partial charge >= 0.3 is 0 Å². The first-order valence-electron chi connectivity index (χ1n) is 7.45. The van der Waals surface area contributed by atoms with Crippen molar-refractivity contribution in [1.29, 1.82) is 0 Å². The summed E-state index contributed by atoms with van der Waals surface area (Å²) < 4.78 is 0. The number of anilines is 1. The number of carbonyl (C=O) groups excluding carboxylic acids is 1. The maximum atomic E-state index is 11.6. The number of pyridine rings is 2. The van der Waals surface area contributed by atoms with E-state index in [1.54, 1.807) is 30.5 Å². The summed E-state index contributed by atoms with van der Waals surface area (Å²) in [5.74, 6) is 2.88. The first-order chi connectivity index (χ1) is 12.3. The SMILES string of the molecule is C#CCCC(=O)Nc1ccc(-c2nnc(-c3ccccn3)nn2)nc1. The van der Waals surface area contributed by atoms with Gasteiger partial charge in [-0.3, -0.25) is 14.8 Å². The minimum Gasteiger partial charge on any atom is -0.325 e. The van der Waals surface area contributed by atoms with Gasteiger partial charge in [-0.1, -0.05) is 6.07 Å². The second-order valence-electron chi connectivity index (χ2n) is 4.95. The molecule has 0 saturated carbocycles. The van der Waals surface area contributed by atoms with E-state index in [4.69, 9.17) is 6.42 Å². The van der Waals surface area contributed by atoms with Gasteiger partial charge < -0.3 is 5.32 Å². The van der Waals surface area contributed by atoms with Crippen LogP contribution in [0.5, 0.6) is 0 Å². The Morgan fingerprint density at radius 1 is 1.00 bits per heavy atom. The second kappa shape index (κ2) is 7.70. The molecule has 3 heterocycles. The number of carbonyl (C=O) groups is 1. The molecule has 8 nitrogen and oxygen atoms in total. The molecule has 3 rings (SSSR count). The average molecular weight is 331 g/mol. The molecule has 0 saturated heterocycles. The maximum absolute atomic E-state index is 11.6. The first kappa shape index (κ1) is 16.1. The number of aromatic nitrogens is 6. The zero-order chi connectivity index (χ0) is 17.5. The monoisotopic (exact) mass is 331 g/mol. The lowest BCUT2D eigenvalue weighted by molar-refractivity contribution is -0.116. The van der Waals surface area contributed by atoms with Crippen molar-refractivity contribution < 1.29 is 4.79 Å². The Kier molecular flexibility index (Phi) is 4.97. The first-order valence-corrected chi connectivity index (χ1v) is 7.45. The molecule has 0 radical (unpaired) electrons. The van der Waals surface area contributed by atoms with Crippen molar-refractivity contribution in [1.82, 2.24) is 30.4 Å². The third-order valence-corrected chi connectivity index (χ3v) is 3.15. The van der Waals surface area contributed by atoms with E-state index in [2.05, 4.69) is 41.6 Å². The summed E-state index contributed by atoms with van der Waals surface area (Å²) in [6.45, 7) is 0. The van der Waals surface area contributed by atoms with Gasteiger partial charge in [0.2, 0.25) is 17.6 Å². The highest BCUT2D eigenvalue weighted by Gasteiger charge is 2.09. The molecule has 0 fully saturated rings. The number of nitrogens with zero attached hydrogens (tertiary/aromatic N) is 6. The van der Waals surface area contributed by atoms with Crippen molar-refractivity contribution in [2.45, 2.75) is 12.8 Å². The van der Waals surface area contributed by atoms with Crippen LogP contribution < -0.4 is 5.32 Å². The van der Waals surface area contributed by atoms with Gasteiger partial charge in [0.1, 0.15) is 11.4 Å². The van der Waals surface area contributed by atoms with E-state index in [1.165, 1.54) is 6.20 Å². The molecule has 3 aromatic heterocycles. The van der Waals surface area contributed by atoms with Crippen molar-refractivity contribution in [3.63, 3.8) is 0 Å². The number of amides is 1. The van der Waals surface area contributed by atoms with E-state index >= 15 is 0 Å². The Bertz CT molecular complexity index is 887. The standard InChI is InChI=1S/C17H13N7O/c1-2-3-7-15(25)20-12-8-9-14(19-11-12)17-23-21-16(22-24-17)13-6-4-5-10-18-13/h1,4-6,8-11H,3,7H2,(H,20,25). The summed E-state index contributed by atoms with van der Waals surface area (Å²) in [6, 6.07) is 8.78. The molecular formula is C17H13N7O. The lowest BCUT2D eigenvalue weighted by atomic mass is 10.3. The van der Waals surface area contributed by atoms with Crippen LogP contribution in [0, 0.1) is 12.3 Å². The Morgan fingerprint density at radius 2 is 1.72 bits per heavy atom. The Hall–Kier alpha value is -3.73. The van der Waals surface area contributed by atoms with Gasteiger partial charge in [-0.15, -0.1) is 32.7 Å². The molecule has 25 heavy (non-hydrogen) atoms. The molecule has 1 amide bonds. The third-order valence-electron chi connectivity index (χ3n) is 3.15. The summed E-state index contributed by atoms with van der Waals surface area (Å²) in [5, 5.41) is 18.8. The quantitative estimate of drug-likeness (QED) is 0.710. The molecule has 3 aromatic rings. The predicted octanol–water partition coefficient (Wildman–Crippen LogP) is 1.74. The lowest BCUT2D eigenvalue weighted by Gasteiger charge is -2.04. The summed E-state index contributed by atoms with van der Waals surface area (Å²) in [5.41, 5.74) is 1.65. The molecule has 122 valence electrons. The normalized spacial score (nSPS) is 10.0. The van der Waals surface area contributed by atoms with E-state index in [9.17, 15) is 4.79 Å².